The van der Waals surface area contributed by atoms with E-state index in [1.807, 2.05) is 0 Å². The van der Waals surface area contributed by atoms with Gasteiger partial charge >= 0.3 is 5.97 Å². The molecule has 3 aliphatic rings. The third kappa shape index (κ3) is 9.46. The molecule has 0 radical (unpaired) electrons. The Balaban J connectivity index is 1.14. The Bertz CT molecular complexity index is 2320. The van der Waals surface area contributed by atoms with Gasteiger partial charge in [0.25, 0.3) is 0 Å². The van der Waals surface area contributed by atoms with Crippen molar-refractivity contribution >= 4 is 16.9 Å². The minimum atomic E-state index is -2.01. The molecular weight excluding hydrogens is 856 g/mol. The number of hydrogen-bond donors (Lipinski definition) is 12. The van der Waals surface area contributed by atoms with Crippen LogP contribution in [0.4, 0.5) is 0 Å². The minimum absolute atomic E-state index is 0.0623. The fourth-order valence-electron chi connectivity index (χ4n) is 7.61. The number of ether oxygens (including phenoxy) is 7. The van der Waals surface area contributed by atoms with Crippen LogP contribution in [-0.2, 0) is 34.9 Å². The number of carbonyl (C=O) groups is 1. The van der Waals surface area contributed by atoms with Crippen LogP contribution in [0.3, 0.4) is 0 Å². The highest BCUT2D eigenvalue weighted by atomic mass is 16.7. The van der Waals surface area contributed by atoms with E-state index in [2.05, 4.69) is 0 Å². The molecule has 3 saturated heterocycles. The number of carbonyl (C=O) groups excluding carboxylic acids is 1. The third-order valence-electron chi connectivity index (χ3n) is 11.2. The minimum Gasteiger partial charge on any atom is -0.507 e. The second-order valence-corrected chi connectivity index (χ2v) is 15.5. The molecule has 1 aromatic heterocycles. The summed E-state index contributed by atoms with van der Waals surface area (Å²) >= 11 is 0. The standard InChI is InChI=1S/C42H48O22/c1-57-24-10-16(2-8-19(24)44)3-9-28(48)58-15-27-33(51)36(54)40(64-41-37(55)31(49)22(47)14-59-41)39(62-27)30-21(46)12-25-29(34(30)52)20(45)11-23(61-25)17-4-6-18(7-5-17)60-42-38(56)35(53)32(50)26(13-43)63-42/h2,4-8,10-12,22,26-27,31-33,35-44,46-47,49-56H,3,9,13-15H2,1H3/t22-,26+,27+,31-,32+,33+,35-,36-,37+,38+,39-,40+,41-,42+/m0/s1. The zero-order chi connectivity index (χ0) is 46.1. The summed E-state index contributed by atoms with van der Waals surface area (Å²) in [4.78, 5) is 26.6. The lowest BCUT2D eigenvalue weighted by Crippen LogP contribution is -2.60. The fourth-order valence-corrected chi connectivity index (χ4v) is 7.61. The van der Waals surface area contributed by atoms with E-state index in [0.29, 0.717) is 5.56 Å². The van der Waals surface area contributed by atoms with E-state index in [-0.39, 0.29) is 47.0 Å². The van der Waals surface area contributed by atoms with Crippen molar-refractivity contribution in [2.45, 2.75) is 98.7 Å². The molecule has 0 spiro atoms. The van der Waals surface area contributed by atoms with Crippen molar-refractivity contribution in [3.8, 4) is 40.1 Å². The van der Waals surface area contributed by atoms with E-state index in [1.54, 1.807) is 6.07 Å². The Morgan fingerprint density at radius 1 is 0.766 bits per heavy atom. The first kappa shape index (κ1) is 46.8. The van der Waals surface area contributed by atoms with Gasteiger partial charge in [0, 0.05) is 24.1 Å². The maximum absolute atomic E-state index is 13.7. The van der Waals surface area contributed by atoms with Gasteiger partial charge in [0.1, 0.15) is 114 Å². The fraction of sp³-hybridized carbons (Fsp3) is 0.476. The molecule has 0 unspecified atom stereocenters. The van der Waals surface area contributed by atoms with Crippen LogP contribution in [0.2, 0.25) is 0 Å². The number of benzene rings is 3. The Kier molecular flexibility index (Phi) is 14.3. The Hall–Kier alpha value is -5.18. The van der Waals surface area contributed by atoms with Gasteiger partial charge in [-0.1, -0.05) is 6.07 Å². The average molecular weight is 905 g/mol. The van der Waals surface area contributed by atoms with Gasteiger partial charge < -0.3 is 98.9 Å². The summed E-state index contributed by atoms with van der Waals surface area (Å²) in [6.07, 6.45) is -23.7. The van der Waals surface area contributed by atoms with Crippen molar-refractivity contribution in [3.05, 3.63) is 75.9 Å². The van der Waals surface area contributed by atoms with E-state index in [1.165, 1.54) is 43.5 Å². The van der Waals surface area contributed by atoms with Gasteiger partial charge in [-0.15, -0.1) is 0 Å². The quantitative estimate of drug-likeness (QED) is 0.0641. The molecule has 14 atom stereocenters. The number of methoxy groups -OCH3 is 1. The molecule has 3 aromatic carbocycles. The molecule has 22 heteroatoms. The van der Waals surface area contributed by atoms with Gasteiger partial charge in [0.2, 0.25) is 6.29 Å². The maximum atomic E-state index is 13.7. The average Bonchev–Trinajstić information content (AvgIpc) is 3.27. The smallest absolute Gasteiger partial charge is 0.306 e. The highest BCUT2D eigenvalue weighted by Crippen LogP contribution is 2.46. The summed E-state index contributed by atoms with van der Waals surface area (Å²) in [5.74, 6) is -2.33. The topological polar surface area (TPSA) is 355 Å². The number of aliphatic hydroxyl groups is 9. The molecule has 4 heterocycles. The van der Waals surface area contributed by atoms with E-state index in [0.717, 1.165) is 12.1 Å². The van der Waals surface area contributed by atoms with Crippen LogP contribution in [0, 0.1) is 0 Å². The molecule has 22 nitrogen and oxygen atoms in total. The molecule has 12 N–H and O–H groups in total. The van der Waals surface area contributed by atoms with E-state index >= 15 is 0 Å². The van der Waals surface area contributed by atoms with E-state index < -0.39 is 139 Å². The maximum Gasteiger partial charge on any atom is 0.306 e. The number of aromatic hydroxyl groups is 3. The first-order valence-corrected chi connectivity index (χ1v) is 20.0. The summed E-state index contributed by atoms with van der Waals surface area (Å²) in [6.45, 7) is -1.88. The predicted octanol–water partition coefficient (Wildman–Crippen LogP) is -2.07. The van der Waals surface area contributed by atoms with Crippen LogP contribution in [0.1, 0.15) is 23.7 Å². The number of esters is 1. The van der Waals surface area contributed by atoms with Crippen LogP contribution in [0.5, 0.6) is 28.7 Å². The number of fused-ring (bicyclic) bond motifs is 1. The summed E-state index contributed by atoms with van der Waals surface area (Å²) in [5, 5.41) is 126. The molecule has 64 heavy (non-hydrogen) atoms. The van der Waals surface area contributed by atoms with Gasteiger partial charge in [-0.25, -0.2) is 0 Å². The monoisotopic (exact) mass is 904 g/mol. The molecule has 0 amide bonds. The molecule has 0 bridgehead atoms. The summed E-state index contributed by atoms with van der Waals surface area (Å²) in [7, 11) is 1.36. The zero-order valence-corrected chi connectivity index (χ0v) is 33.8. The molecule has 3 aliphatic heterocycles. The Morgan fingerprint density at radius 2 is 1.47 bits per heavy atom. The number of phenols is 3. The van der Waals surface area contributed by atoms with Gasteiger partial charge in [-0.05, 0) is 48.4 Å². The number of aliphatic hydroxyl groups excluding tert-OH is 9. The molecule has 0 aliphatic carbocycles. The highest BCUT2D eigenvalue weighted by molar-refractivity contribution is 5.88. The Labute approximate surface area is 361 Å². The van der Waals surface area contributed by atoms with Crippen LogP contribution in [-0.4, -0.2) is 174 Å². The Morgan fingerprint density at radius 3 is 2.17 bits per heavy atom. The number of phenolic OH excluding ortho intramolecular Hbond substituents is 3. The van der Waals surface area contributed by atoms with Crippen molar-refractivity contribution < 1.29 is 104 Å². The van der Waals surface area contributed by atoms with Gasteiger partial charge in [0.15, 0.2) is 23.2 Å². The molecule has 3 fully saturated rings. The van der Waals surface area contributed by atoms with Crippen molar-refractivity contribution in [1.29, 1.82) is 0 Å². The van der Waals surface area contributed by atoms with Crippen LogP contribution >= 0.6 is 0 Å². The normalized spacial score (nSPS) is 32.0. The predicted molar refractivity (Wildman–Crippen MR) is 212 cm³/mol. The largest absolute Gasteiger partial charge is 0.507 e. The van der Waals surface area contributed by atoms with Gasteiger partial charge in [-0.2, -0.15) is 0 Å². The second kappa shape index (κ2) is 19.5. The lowest BCUT2D eigenvalue weighted by molar-refractivity contribution is -0.325. The molecule has 348 valence electrons. The first-order chi connectivity index (χ1) is 30.5. The third-order valence-corrected chi connectivity index (χ3v) is 11.2. The SMILES string of the molecule is COc1cc(CCC(=O)OC[C@H]2O[C@@H](c3c(O)cc4oc(-c5ccc(O[C@@H]6O[C@H](CO)[C@@H](O)[C@H](O)[C@H]6O)cc5)cc(=O)c4c3O)[C@H](O[C@@H]3OC[C@H](O)[C@H](O)[C@H]3O)[C@@H](O)[C@@H]2O)ccc1O. The van der Waals surface area contributed by atoms with E-state index in [9.17, 15) is 70.9 Å². The molecule has 4 aromatic rings. The van der Waals surface area contributed by atoms with Gasteiger partial charge in [-0.3, -0.25) is 9.59 Å². The van der Waals surface area contributed by atoms with Crippen molar-refractivity contribution in [1.82, 2.24) is 0 Å². The lowest BCUT2D eigenvalue weighted by atomic mass is 9.89. The molecular formula is C42H48O22. The highest BCUT2D eigenvalue weighted by Gasteiger charge is 2.51. The molecule has 0 saturated carbocycles. The lowest BCUT2D eigenvalue weighted by Gasteiger charge is -2.45. The van der Waals surface area contributed by atoms with Crippen molar-refractivity contribution in [3.63, 3.8) is 0 Å². The van der Waals surface area contributed by atoms with Crippen LogP contribution < -0.4 is 14.9 Å². The number of hydrogen-bond acceptors (Lipinski definition) is 22. The number of aryl methyl sites for hydroxylation is 1. The number of rotatable bonds is 13. The first-order valence-electron chi connectivity index (χ1n) is 20.0. The van der Waals surface area contributed by atoms with Crippen molar-refractivity contribution in [2.75, 3.05) is 26.9 Å². The summed E-state index contributed by atoms with van der Waals surface area (Å²) in [6, 6.07) is 12.1. The van der Waals surface area contributed by atoms with E-state index in [4.69, 9.17) is 37.6 Å². The second-order valence-electron chi connectivity index (χ2n) is 15.5. The summed E-state index contributed by atoms with van der Waals surface area (Å²) < 4.78 is 44.6. The molecule has 7 rings (SSSR count). The van der Waals surface area contributed by atoms with Crippen LogP contribution in [0.15, 0.2) is 63.8 Å². The summed E-state index contributed by atoms with van der Waals surface area (Å²) in [5.41, 5.74) is -0.844. The van der Waals surface area contributed by atoms with Gasteiger partial charge in [0.05, 0.1) is 25.9 Å². The van der Waals surface area contributed by atoms with Crippen LogP contribution in [0.25, 0.3) is 22.3 Å². The zero-order valence-electron chi connectivity index (χ0n) is 33.8. The van der Waals surface area contributed by atoms with Crippen molar-refractivity contribution in [2.24, 2.45) is 0 Å².